The second kappa shape index (κ2) is 3.44. The summed E-state index contributed by atoms with van der Waals surface area (Å²) in [5.74, 6) is 0. The van der Waals surface area contributed by atoms with E-state index >= 15 is 0 Å². The van der Waals surface area contributed by atoms with Crippen LogP contribution in [0.3, 0.4) is 0 Å². The van der Waals surface area contributed by atoms with Crippen molar-refractivity contribution in [2.75, 3.05) is 0 Å². The molecule has 0 atom stereocenters. The zero-order chi connectivity index (χ0) is 8.23. The van der Waals surface area contributed by atoms with Gasteiger partial charge in [-0.2, -0.15) is 0 Å². The van der Waals surface area contributed by atoms with Crippen LogP contribution in [-0.2, 0) is 0 Å². The van der Waals surface area contributed by atoms with Gasteiger partial charge in [0.1, 0.15) is 0 Å². The Morgan fingerprint density at radius 2 is 1.75 bits per heavy atom. The molecule has 2 rings (SSSR count). The molecule has 0 spiro atoms. The summed E-state index contributed by atoms with van der Waals surface area (Å²) in [5.41, 5.74) is 2.46. The first-order valence-electron chi connectivity index (χ1n) is 4.45. The Kier molecular flexibility index (Phi) is 2.12. The van der Waals surface area contributed by atoms with Crippen LogP contribution in [0.25, 0.3) is 0 Å². The van der Waals surface area contributed by atoms with Crippen LogP contribution in [0, 0.1) is 0 Å². The number of hydrogen-bond acceptors (Lipinski definition) is 1. The molecule has 2 aliphatic carbocycles. The van der Waals surface area contributed by atoms with Crippen LogP contribution in [0.5, 0.6) is 0 Å². The van der Waals surface area contributed by atoms with Crippen molar-refractivity contribution in [1.29, 1.82) is 0 Å². The van der Waals surface area contributed by atoms with Gasteiger partial charge in [0.2, 0.25) is 0 Å². The largest absolute Gasteiger partial charge is 0.356 e. The second-order valence-electron chi connectivity index (χ2n) is 3.06. The number of hydrogen-bond donors (Lipinski definition) is 1. The zero-order valence-corrected chi connectivity index (χ0v) is 7.09. The van der Waals surface area contributed by atoms with Crippen molar-refractivity contribution in [2.24, 2.45) is 0 Å². The first kappa shape index (κ1) is 7.41. The average molecular weight is 159 g/mol. The lowest BCUT2D eigenvalue weighted by Gasteiger charge is -2.09. The molecule has 0 fully saturated rings. The Balaban J connectivity index is 1.98. The standard InChI is InChI=1S/C11H13N/c1-2-6-10(7-3-1)12-11-8-4-5-9-11/h2,4,6-9,12H,1,3,5H2. The molecule has 0 aromatic carbocycles. The van der Waals surface area contributed by atoms with E-state index in [9.17, 15) is 0 Å². The summed E-state index contributed by atoms with van der Waals surface area (Å²) in [4.78, 5) is 0. The van der Waals surface area contributed by atoms with Gasteiger partial charge >= 0.3 is 0 Å². The lowest BCUT2D eigenvalue weighted by atomic mass is 10.1. The van der Waals surface area contributed by atoms with E-state index in [1.54, 1.807) is 0 Å². The minimum atomic E-state index is 1.07. The highest BCUT2D eigenvalue weighted by Crippen LogP contribution is 2.12. The SMILES string of the molecule is C1=CC(NC2=CCCC=C2)=CC1. The fourth-order valence-corrected chi connectivity index (χ4v) is 1.42. The van der Waals surface area contributed by atoms with Crippen molar-refractivity contribution >= 4 is 0 Å². The molecule has 0 aromatic heterocycles. The van der Waals surface area contributed by atoms with Crippen molar-refractivity contribution in [3.05, 3.63) is 47.9 Å². The van der Waals surface area contributed by atoms with E-state index in [2.05, 4.69) is 41.8 Å². The van der Waals surface area contributed by atoms with Crippen LogP contribution in [0.15, 0.2) is 47.9 Å². The maximum absolute atomic E-state index is 3.37. The number of nitrogens with one attached hydrogen (secondary N) is 1. The first-order valence-corrected chi connectivity index (χ1v) is 4.45. The molecule has 0 aromatic rings. The Morgan fingerprint density at radius 3 is 2.42 bits per heavy atom. The van der Waals surface area contributed by atoms with E-state index < -0.39 is 0 Å². The Bertz CT molecular complexity index is 279. The molecule has 0 unspecified atom stereocenters. The Hall–Kier alpha value is -1.24. The van der Waals surface area contributed by atoms with Gasteiger partial charge in [0.25, 0.3) is 0 Å². The highest BCUT2D eigenvalue weighted by Gasteiger charge is 2.00. The minimum absolute atomic E-state index is 1.07. The van der Waals surface area contributed by atoms with Gasteiger partial charge in [-0.05, 0) is 31.4 Å². The van der Waals surface area contributed by atoms with Gasteiger partial charge in [-0.15, -0.1) is 0 Å². The Morgan fingerprint density at radius 1 is 0.917 bits per heavy atom. The summed E-state index contributed by atoms with van der Waals surface area (Å²) in [6.07, 6.45) is 16.5. The third kappa shape index (κ3) is 1.67. The van der Waals surface area contributed by atoms with Crippen LogP contribution < -0.4 is 5.32 Å². The van der Waals surface area contributed by atoms with E-state index in [0.717, 1.165) is 12.8 Å². The van der Waals surface area contributed by atoms with E-state index in [0.29, 0.717) is 0 Å². The summed E-state index contributed by atoms with van der Waals surface area (Å²) in [7, 11) is 0. The first-order chi connectivity index (χ1) is 5.95. The lowest BCUT2D eigenvalue weighted by molar-refractivity contribution is 0.950. The molecule has 0 saturated heterocycles. The predicted octanol–water partition coefficient (Wildman–Crippen LogP) is 2.65. The van der Waals surface area contributed by atoms with Crippen molar-refractivity contribution < 1.29 is 0 Å². The van der Waals surface area contributed by atoms with Crippen LogP contribution in [0.4, 0.5) is 0 Å². The third-order valence-corrected chi connectivity index (χ3v) is 2.05. The molecule has 0 heterocycles. The van der Waals surface area contributed by atoms with Gasteiger partial charge in [0.15, 0.2) is 0 Å². The summed E-state index contributed by atoms with van der Waals surface area (Å²) >= 11 is 0. The molecule has 1 N–H and O–H groups in total. The highest BCUT2D eigenvalue weighted by molar-refractivity contribution is 5.32. The monoisotopic (exact) mass is 159 g/mol. The van der Waals surface area contributed by atoms with Crippen molar-refractivity contribution in [3.63, 3.8) is 0 Å². The van der Waals surface area contributed by atoms with E-state index in [1.165, 1.54) is 17.8 Å². The maximum Gasteiger partial charge on any atom is 0.0343 e. The van der Waals surface area contributed by atoms with Gasteiger partial charge in [0.05, 0.1) is 0 Å². The van der Waals surface area contributed by atoms with E-state index in [4.69, 9.17) is 0 Å². The second-order valence-corrected chi connectivity index (χ2v) is 3.06. The van der Waals surface area contributed by atoms with Gasteiger partial charge in [0, 0.05) is 11.4 Å². The molecule has 0 saturated carbocycles. The lowest BCUT2D eigenvalue weighted by Crippen LogP contribution is -2.09. The molecule has 0 radical (unpaired) electrons. The fraction of sp³-hybridized carbons (Fsp3) is 0.273. The van der Waals surface area contributed by atoms with E-state index in [1.807, 2.05) is 0 Å². The van der Waals surface area contributed by atoms with E-state index in [-0.39, 0.29) is 0 Å². The average Bonchev–Trinajstić information content (AvgIpc) is 2.59. The van der Waals surface area contributed by atoms with Crippen LogP contribution in [0.2, 0.25) is 0 Å². The molecule has 2 aliphatic rings. The maximum atomic E-state index is 3.37. The molecule has 12 heavy (non-hydrogen) atoms. The van der Waals surface area contributed by atoms with Gasteiger partial charge < -0.3 is 5.32 Å². The summed E-state index contributed by atoms with van der Waals surface area (Å²) in [6.45, 7) is 0. The summed E-state index contributed by atoms with van der Waals surface area (Å²) < 4.78 is 0. The van der Waals surface area contributed by atoms with Crippen molar-refractivity contribution in [2.45, 2.75) is 19.3 Å². The number of rotatable bonds is 2. The Labute approximate surface area is 73.2 Å². The molecule has 0 aliphatic heterocycles. The summed E-state index contributed by atoms with van der Waals surface area (Å²) in [5, 5.41) is 3.37. The van der Waals surface area contributed by atoms with Crippen LogP contribution in [-0.4, -0.2) is 0 Å². The topological polar surface area (TPSA) is 12.0 Å². The van der Waals surface area contributed by atoms with Crippen molar-refractivity contribution in [3.8, 4) is 0 Å². The predicted molar refractivity (Wildman–Crippen MR) is 51.4 cm³/mol. The fourth-order valence-electron chi connectivity index (χ4n) is 1.42. The molecule has 1 nitrogen and oxygen atoms in total. The third-order valence-electron chi connectivity index (χ3n) is 2.05. The normalized spacial score (nSPS) is 20.7. The summed E-state index contributed by atoms with van der Waals surface area (Å²) in [6, 6.07) is 0. The molecular weight excluding hydrogens is 146 g/mol. The van der Waals surface area contributed by atoms with Crippen molar-refractivity contribution in [1.82, 2.24) is 5.32 Å². The molecular formula is C11H13N. The minimum Gasteiger partial charge on any atom is -0.356 e. The van der Waals surface area contributed by atoms with Crippen LogP contribution >= 0.6 is 0 Å². The molecule has 0 bridgehead atoms. The molecule has 62 valence electrons. The van der Waals surface area contributed by atoms with Crippen LogP contribution in [0.1, 0.15) is 19.3 Å². The smallest absolute Gasteiger partial charge is 0.0343 e. The molecule has 1 heteroatoms. The zero-order valence-electron chi connectivity index (χ0n) is 7.09. The highest BCUT2D eigenvalue weighted by atomic mass is 14.9. The van der Waals surface area contributed by atoms with Gasteiger partial charge in [-0.1, -0.05) is 24.3 Å². The van der Waals surface area contributed by atoms with Gasteiger partial charge in [-0.25, -0.2) is 0 Å². The molecule has 0 amide bonds. The van der Waals surface area contributed by atoms with Gasteiger partial charge in [-0.3, -0.25) is 0 Å². The quantitative estimate of drug-likeness (QED) is 0.653. The number of allylic oxidation sites excluding steroid dienone is 6.